The molecule has 104 valence electrons. The van der Waals surface area contributed by atoms with Crippen molar-refractivity contribution in [1.29, 1.82) is 0 Å². The fourth-order valence-electron chi connectivity index (χ4n) is 3.27. The molecule has 0 bridgehead atoms. The van der Waals surface area contributed by atoms with Crippen molar-refractivity contribution in [1.82, 2.24) is 15.2 Å². The summed E-state index contributed by atoms with van der Waals surface area (Å²) in [6.45, 7) is 0.999. The highest BCUT2D eigenvalue weighted by molar-refractivity contribution is 6.31. The van der Waals surface area contributed by atoms with E-state index >= 15 is 0 Å². The summed E-state index contributed by atoms with van der Waals surface area (Å²) in [6.07, 6.45) is 7.61. The molecular weight excluding hydrogens is 262 g/mol. The summed E-state index contributed by atoms with van der Waals surface area (Å²) in [4.78, 5) is 12.3. The van der Waals surface area contributed by atoms with Gasteiger partial charge in [-0.2, -0.15) is 0 Å². The third-order valence-corrected chi connectivity index (χ3v) is 4.69. The van der Waals surface area contributed by atoms with Gasteiger partial charge >= 0.3 is 0 Å². The van der Waals surface area contributed by atoms with Crippen LogP contribution in [0.3, 0.4) is 0 Å². The first kappa shape index (κ1) is 13.0. The van der Waals surface area contributed by atoms with Crippen LogP contribution in [-0.2, 0) is 7.05 Å². The van der Waals surface area contributed by atoms with E-state index < -0.39 is 0 Å². The van der Waals surface area contributed by atoms with Gasteiger partial charge < -0.3 is 15.2 Å². The molecule has 5 heteroatoms. The first-order valence-electron chi connectivity index (χ1n) is 6.96. The summed E-state index contributed by atoms with van der Waals surface area (Å²) in [6, 6.07) is 2.00. The fraction of sp³-hybridized carbons (Fsp3) is 0.643. The molecule has 1 aromatic rings. The van der Waals surface area contributed by atoms with E-state index in [-0.39, 0.29) is 11.9 Å². The summed E-state index contributed by atoms with van der Waals surface area (Å²) >= 11 is 5.92. The second-order valence-corrected chi connectivity index (χ2v) is 6.31. The lowest BCUT2D eigenvalue weighted by molar-refractivity contribution is 0.0846. The van der Waals surface area contributed by atoms with Gasteiger partial charge in [-0.1, -0.05) is 11.6 Å². The van der Waals surface area contributed by atoms with Crippen molar-refractivity contribution < 1.29 is 4.79 Å². The van der Waals surface area contributed by atoms with Gasteiger partial charge in [0.2, 0.25) is 0 Å². The average Bonchev–Trinajstić information content (AvgIpc) is 2.67. The smallest absolute Gasteiger partial charge is 0.268 e. The molecule has 3 rings (SSSR count). The average molecular weight is 282 g/mol. The summed E-state index contributed by atoms with van der Waals surface area (Å²) in [7, 11) is 1.84. The van der Waals surface area contributed by atoms with Gasteiger partial charge in [-0.15, -0.1) is 0 Å². The Hall–Kier alpha value is -1.00. The van der Waals surface area contributed by atoms with Crippen LogP contribution in [0.1, 0.15) is 42.6 Å². The van der Waals surface area contributed by atoms with Crippen LogP contribution in [0.15, 0.2) is 12.3 Å². The summed E-state index contributed by atoms with van der Waals surface area (Å²) in [5, 5.41) is 7.37. The first-order chi connectivity index (χ1) is 9.08. The number of halogens is 1. The second-order valence-electron chi connectivity index (χ2n) is 5.88. The van der Waals surface area contributed by atoms with Crippen molar-refractivity contribution in [3.8, 4) is 0 Å². The van der Waals surface area contributed by atoms with Crippen molar-refractivity contribution in [2.75, 3.05) is 6.54 Å². The molecule has 1 spiro atoms. The fourth-order valence-corrected chi connectivity index (χ4v) is 3.52. The molecule has 1 aromatic heterocycles. The Labute approximate surface area is 118 Å². The number of amides is 1. The number of hydrogen-bond donors (Lipinski definition) is 2. The quantitative estimate of drug-likeness (QED) is 0.872. The Morgan fingerprint density at radius 3 is 2.95 bits per heavy atom. The minimum atomic E-state index is -0.0178. The molecule has 1 unspecified atom stereocenters. The van der Waals surface area contributed by atoms with Crippen LogP contribution < -0.4 is 10.6 Å². The number of rotatable bonds is 2. The highest BCUT2D eigenvalue weighted by Gasteiger charge is 2.41. The molecular formula is C14H20ClN3O. The van der Waals surface area contributed by atoms with E-state index in [1.165, 1.54) is 19.3 Å². The van der Waals surface area contributed by atoms with E-state index in [4.69, 9.17) is 11.6 Å². The van der Waals surface area contributed by atoms with Gasteiger partial charge in [0.05, 0.1) is 5.02 Å². The van der Waals surface area contributed by atoms with Gasteiger partial charge in [0, 0.05) is 24.8 Å². The summed E-state index contributed by atoms with van der Waals surface area (Å²) in [5.41, 5.74) is 0.938. The minimum absolute atomic E-state index is 0.0178. The number of carbonyl (C=O) groups excluding carboxylic acids is 1. The Bertz CT molecular complexity index is 493. The molecule has 1 saturated heterocycles. The highest BCUT2D eigenvalue weighted by Crippen LogP contribution is 2.38. The number of nitrogens with one attached hydrogen (secondary N) is 2. The van der Waals surface area contributed by atoms with Crippen LogP contribution in [0.5, 0.6) is 0 Å². The topological polar surface area (TPSA) is 46.1 Å². The maximum atomic E-state index is 12.3. The number of carbonyl (C=O) groups is 1. The molecule has 1 aliphatic carbocycles. The third kappa shape index (κ3) is 2.51. The number of hydrogen-bond acceptors (Lipinski definition) is 2. The van der Waals surface area contributed by atoms with Gasteiger partial charge in [-0.05, 0) is 44.7 Å². The normalized spacial score (nSPS) is 25.1. The molecule has 4 nitrogen and oxygen atoms in total. The van der Waals surface area contributed by atoms with Crippen LogP contribution in [0.4, 0.5) is 0 Å². The number of aromatic nitrogens is 1. The van der Waals surface area contributed by atoms with Crippen molar-refractivity contribution in [3.05, 3.63) is 23.0 Å². The van der Waals surface area contributed by atoms with Crippen LogP contribution in [0, 0.1) is 0 Å². The van der Waals surface area contributed by atoms with Crippen molar-refractivity contribution in [2.45, 2.75) is 43.7 Å². The molecule has 19 heavy (non-hydrogen) atoms. The number of aryl methyl sites for hydroxylation is 1. The van der Waals surface area contributed by atoms with Gasteiger partial charge in [0.1, 0.15) is 5.69 Å². The lowest BCUT2D eigenvalue weighted by Crippen LogP contribution is -2.59. The van der Waals surface area contributed by atoms with Crippen LogP contribution in [0.2, 0.25) is 5.02 Å². The highest BCUT2D eigenvalue weighted by atomic mass is 35.5. The molecule has 0 aromatic carbocycles. The molecule has 1 saturated carbocycles. The number of nitrogens with zero attached hydrogens (tertiary/aromatic N) is 1. The van der Waals surface area contributed by atoms with Crippen molar-refractivity contribution in [3.63, 3.8) is 0 Å². The van der Waals surface area contributed by atoms with E-state index in [0.717, 1.165) is 19.4 Å². The minimum Gasteiger partial charge on any atom is -0.348 e. The van der Waals surface area contributed by atoms with Crippen LogP contribution in [0.25, 0.3) is 0 Å². The molecule has 1 atom stereocenters. The largest absolute Gasteiger partial charge is 0.348 e. The van der Waals surface area contributed by atoms with E-state index in [1.54, 1.807) is 16.8 Å². The molecule has 2 heterocycles. The Morgan fingerprint density at radius 2 is 2.37 bits per heavy atom. The van der Waals surface area contributed by atoms with Gasteiger partial charge in [0.25, 0.3) is 5.91 Å². The van der Waals surface area contributed by atoms with Gasteiger partial charge in [-0.25, -0.2) is 0 Å². The maximum absolute atomic E-state index is 12.3. The van der Waals surface area contributed by atoms with E-state index in [2.05, 4.69) is 10.6 Å². The molecule has 1 aliphatic heterocycles. The standard InChI is InChI=1S/C14H20ClN3O/c1-18-9-10(15)7-12(18)13(19)17-11-3-6-16-14(8-11)4-2-5-14/h7,9,11,16H,2-6,8H2,1H3,(H,17,19). The Morgan fingerprint density at radius 1 is 1.58 bits per heavy atom. The van der Waals surface area contributed by atoms with E-state index in [0.29, 0.717) is 16.3 Å². The van der Waals surface area contributed by atoms with E-state index in [1.807, 2.05) is 7.05 Å². The van der Waals surface area contributed by atoms with Gasteiger partial charge in [-0.3, -0.25) is 4.79 Å². The lowest BCUT2D eigenvalue weighted by Gasteiger charge is -2.48. The molecule has 2 N–H and O–H groups in total. The zero-order valence-electron chi connectivity index (χ0n) is 11.2. The predicted molar refractivity (Wildman–Crippen MR) is 75.5 cm³/mol. The number of piperidine rings is 1. The molecule has 0 radical (unpaired) electrons. The lowest BCUT2D eigenvalue weighted by atomic mass is 9.70. The summed E-state index contributed by atoms with van der Waals surface area (Å²) < 4.78 is 1.78. The molecule has 1 amide bonds. The zero-order chi connectivity index (χ0) is 13.5. The molecule has 2 fully saturated rings. The maximum Gasteiger partial charge on any atom is 0.268 e. The monoisotopic (exact) mass is 281 g/mol. The second kappa shape index (κ2) is 4.84. The van der Waals surface area contributed by atoms with Crippen LogP contribution in [-0.4, -0.2) is 28.6 Å². The zero-order valence-corrected chi connectivity index (χ0v) is 12.0. The van der Waals surface area contributed by atoms with Crippen molar-refractivity contribution >= 4 is 17.5 Å². The Kier molecular flexibility index (Phi) is 3.31. The molecule has 2 aliphatic rings. The van der Waals surface area contributed by atoms with Gasteiger partial charge in [0.15, 0.2) is 0 Å². The summed E-state index contributed by atoms with van der Waals surface area (Å²) in [5.74, 6) is -0.0178. The Balaban J connectivity index is 1.64. The SMILES string of the molecule is Cn1cc(Cl)cc1C(=O)NC1CCNC2(CCC2)C1. The third-order valence-electron chi connectivity index (χ3n) is 4.48. The first-order valence-corrected chi connectivity index (χ1v) is 7.34. The van der Waals surface area contributed by atoms with E-state index in [9.17, 15) is 4.79 Å². The van der Waals surface area contributed by atoms with Crippen LogP contribution >= 0.6 is 11.6 Å². The van der Waals surface area contributed by atoms with Crippen molar-refractivity contribution in [2.24, 2.45) is 7.05 Å². The predicted octanol–water partition coefficient (Wildman–Crippen LogP) is 2.08.